The van der Waals surface area contributed by atoms with E-state index in [1.54, 1.807) is 0 Å². The van der Waals surface area contributed by atoms with E-state index in [1.807, 2.05) is 55.5 Å². The molecule has 1 heterocycles. The van der Waals surface area contributed by atoms with Crippen molar-refractivity contribution in [1.29, 1.82) is 0 Å². The lowest BCUT2D eigenvalue weighted by Gasteiger charge is -2.26. The van der Waals surface area contributed by atoms with Crippen LogP contribution in [-0.4, -0.2) is 42.8 Å². The molecule has 1 amide bonds. The number of carbonyl (C=O) groups excluding carboxylic acids is 1. The summed E-state index contributed by atoms with van der Waals surface area (Å²) in [6.45, 7) is 6.23. The quantitative estimate of drug-likeness (QED) is 0.600. The minimum atomic E-state index is -0.209. The molecule has 2 aromatic rings. The topological polar surface area (TPSA) is 53.9 Å². The zero-order valence-electron chi connectivity index (χ0n) is 14.7. The van der Waals surface area contributed by atoms with Gasteiger partial charge in [0.2, 0.25) is 0 Å². The van der Waals surface area contributed by atoms with Gasteiger partial charge in [-0.1, -0.05) is 40.2 Å². The Hall–Kier alpha value is -2.02. The van der Waals surface area contributed by atoms with Crippen LogP contribution in [-0.2, 0) is 11.3 Å². The molecule has 3 rings (SSSR count). The molecule has 6 heteroatoms. The van der Waals surface area contributed by atoms with Gasteiger partial charge in [-0.25, -0.2) is 5.43 Å². The van der Waals surface area contributed by atoms with E-state index in [-0.39, 0.29) is 5.91 Å². The lowest BCUT2D eigenvalue weighted by atomic mass is 10.1. The van der Waals surface area contributed by atoms with Crippen LogP contribution in [0.1, 0.15) is 28.4 Å². The molecule has 1 saturated heterocycles. The zero-order valence-corrected chi connectivity index (χ0v) is 16.3. The third-order valence-electron chi connectivity index (χ3n) is 4.31. The van der Waals surface area contributed by atoms with Crippen LogP contribution in [0.25, 0.3) is 0 Å². The number of amides is 1. The Balaban J connectivity index is 1.57. The Kier molecular flexibility index (Phi) is 6.55. The molecule has 1 aliphatic rings. The van der Waals surface area contributed by atoms with E-state index in [0.29, 0.717) is 5.56 Å². The molecule has 26 heavy (non-hydrogen) atoms. The minimum Gasteiger partial charge on any atom is -0.379 e. The molecule has 1 fully saturated rings. The second-order valence-electron chi connectivity index (χ2n) is 6.23. The van der Waals surface area contributed by atoms with Crippen molar-refractivity contribution in [2.24, 2.45) is 5.10 Å². The van der Waals surface area contributed by atoms with Gasteiger partial charge in [0.15, 0.2) is 0 Å². The fraction of sp³-hybridized carbons (Fsp3) is 0.300. The number of nitrogens with zero attached hydrogens (tertiary/aromatic N) is 2. The van der Waals surface area contributed by atoms with Crippen molar-refractivity contribution >= 4 is 27.5 Å². The van der Waals surface area contributed by atoms with Crippen LogP contribution in [0.5, 0.6) is 0 Å². The van der Waals surface area contributed by atoms with Crippen LogP contribution >= 0.6 is 15.9 Å². The highest BCUT2D eigenvalue weighted by molar-refractivity contribution is 9.10. The SMILES string of the molecule is C/C(=N/NC(=O)c1ccc(CN2CCOCC2)cc1)c1ccc(Br)cc1. The zero-order chi connectivity index (χ0) is 18.4. The maximum atomic E-state index is 12.3. The lowest BCUT2D eigenvalue weighted by Crippen LogP contribution is -2.35. The summed E-state index contributed by atoms with van der Waals surface area (Å²) in [6, 6.07) is 15.5. The lowest BCUT2D eigenvalue weighted by molar-refractivity contribution is 0.0342. The summed E-state index contributed by atoms with van der Waals surface area (Å²) in [7, 11) is 0. The number of hydrogen-bond donors (Lipinski definition) is 1. The first-order valence-electron chi connectivity index (χ1n) is 8.61. The molecule has 0 saturated carbocycles. The van der Waals surface area contributed by atoms with E-state index in [0.717, 1.165) is 48.6 Å². The highest BCUT2D eigenvalue weighted by Gasteiger charge is 2.11. The largest absolute Gasteiger partial charge is 0.379 e. The normalized spacial score (nSPS) is 15.7. The van der Waals surface area contributed by atoms with Gasteiger partial charge in [-0.2, -0.15) is 5.10 Å². The standard InChI is InChI=1S/C20H22BrN3O2/c1-15(17-6-8-19(21)9-7-17)22-23-20(25)18-4-2-16(3-5-18)14-24-10-12-26-13-11-24/h2-9H,10-14H2,1H3,(H,23,25)/b22-15-. The number of ether oxygens (including phenoxy) is 1. The number of carbonyl (C=O) groups is 1. The van der Waals surface area contributed by atoms with Gasteiger partial charge in [0.25, 0.3) is 5.91 Å². The molecule has 136 valence electrons. The van der Waals surface area contributed by atoms with Gasteiger partial charge in [0.05, 0.1) is 18.9 Å². The van der Waals surface area contributed by atoms with Crippen LogP contribution in [0.3, 0.4) is 0 Å². The fourth-order valence-corrected chi connectivity index (χ4v) is 3.00. The van der Waals surface area contributed by atoms with Crippen molar-refractivity contribution in [1.82, 2.24) is 10.3 Å². The van der Waals surface area contributed by atoms with Crippen LogP contribution in [0.2, 0.25) is 0 Å². The van der Waals surface area contributed by atoms with Crippen molar-refractivity contribution in [3.05, 3.63) is 69.7 Å². The van der Waals surface area contributed by atoms with E-state index >= 15 is 0 Å². The molecule has 5 nitrogen and oxygen atoms in total. The first-order chi connectivity index (χ1) is 12.6. The number of benzene rings is 2. The van der Waals surface area contributed by atoms with Crippen molar-refractivity contribution in [3.63, 3.8) is 0 Å². The third kappa shape index (κ3) is 5.24. The van der Waals surface area contributed by atoms with Crippen molar-refractivity contribution in [2.45, 2.75) is 13.5 Å². The van der Waals surface area contributed by atoms with Crippen molar-refractivity contribution < 1.29 is 9.53 Å². The molecular weight excluding hydrogens is 394 g/mol. The van der Waals surface area contributed by atoms with Gasteiger partial charge in [-0.15, -0.1) is 0 Å². The van der Waals surface area contributed by atoms with Crippen LogP contribution in [0, 0.1) is 0 Å². The maximum absolute atomic E-state index is 12.3. The number of nitrogens with one attached hydrogen (secondary N) is 1. The predicted molar refractivity (Wildman–Crippen MR) is 106 cm³/mol. The molecule has 0 atom stereocenters. The molecule has 2 aromatic carbocycles. The minimum absolute atomic E-state index is 0.209. The predicted octanol–water partition coefficient (Wildman–Crippen LogP) is 3.44. The summed E-state index contributed by atoms with van der Waals surface area (Å²) < 4.78 is 6.37. The first kappa shape index (κ1) is 18.8. The number of rotatable bonds is 5. The molecule has 0 bridgehead atoms. The van der Waals surface area contributed by atoms with E-state index < -0.39 is 0 Å². The summed E-state index contributed by atoms with van der Waals surface area (Å²) >= 11 is 3.41. The Bertz CT molecular complexity index is 767. The summed E-state index contributed by atoms with van der Waals surface area (Å²) in [5, 5.41) is 4.20. The second kappa shape index (κ2) is 9.07. The Morgan fingerprint density at radius 3 is 2.35 bits per heavy atom. The van der Waals surface area contributed by atoms with Crippen LogP contribution < -0.4 is 5.43 Å². The molecule has 1 aliphatic heterocycles. The average Bonchev–Trinajstić information content (AvgIpc) is 2.68. The Morgan fingerprint density at radius 1 is 1.08 bits per heavy atom. The molecule has 0 spiro atoms. The van der Waals surface area contributed by atoms with Gasteiger partial charge < -0.3 is 4.74 Å². The molecule has 1 N–H and O–H groups in total. The number of hydrazone groups is 1. The van der Waals surface area contributed by atoms with E-state index in [1.165, 1.54) is 5.56 Å². The summed E-state index contributed by atoms with van der Waals surface area (Å²) in [5.74, 6) is -0.209. The highest BCUT2D eigenvalue weighted by atomic mass is 79.9. The number of morpholine rings is 1. The fourth-order valence-electron chi connectivity index (χ4n) is 2.73. The number of halogens is 1. The third-order valence-corrected chi connectivity index (χ3v) is 4.84. The van der Waals surface area contributed by atoms with Crippen LogP contribution in [0.15, 0.2) is 58.1 Å². The Labute approximate surface area is 162 Å². The summed E-state index contributed by atoms with van der Waals surface area (Å²) in [5.41, 5.74) is 6.14. The van der Waals surface area contributed by atoms with Gasteiger partial charge in [-0.3, -0.25) is 9.69 Å². The van der Waals surface area contributed by atoms with Crippen molar-refractivity contribution in [3.8, 4) is 0 Å². The van der Waals surface area contributed by atoms with E-state index in [4.69, 9.17) is 4.74 Å². The Morgan fingerprint density at radius 2 is 1.69 bits per heavy atom. The maximum Gasteiger partial charge on any atom is 0.271 e. The molecule has 0 unspecified atom stereocenters. The monoisotopic (exact) mass is 415 g/mol. The van der Waals surface area contributed by atoms with Gasteiger partial charge >= 0.3 is 0 Å². The highest BCUT2D eigenvalue weighted by Crippen LogP contribution is 2.12. The summed E-state index contributed by atoms with van der Waals surface area (Å²) in [4.78, 5) is 14.6. The summed E-state index contributed by atoms with van der Waals surface area (Å²) in [6.07, 6.45) is 0. The van der Waals surface area contributed by atoms with E-state index in [2.05, 4.69) is 31.4 Å². The van der Waals surface area contributed by atoms with Gasteiger partial charge in [-0.05, 0) is 42.3 Å². The molecule has 0 aliphatic carbocycles. The molecule has 0 aromatic heterocycles. The first-order valence-corrected chi connectivity index (χ1v) is 9.41. The smallest absolute Gasteiger partial charge is 0.271 e. The second-order valence-corrected chi connectivity index (χ2v) is 7.15. The van der Waals surface area contributed by atoms with Gasteiger partial charge in [0, 0.05) is 29.7 Å². The number of hydrogen-bond acceptors (Lipinski definition) is 4. The molecule has 0 radical (unpaired) electrons. The molecular formula is C20H22BrN3O2. The van der Waals surface area contributed by atoms with Crippen LogP contribution in [0.4, 0.5) is 0 Å². The average molecular weight is 416 g/mol. The van der Waals surface area contributed by atoms with E-state index in [9.17, 15) is 4.79 Å². The van der Waals surface area contributed by atoms with Crippen molar-refractivity contribution in [2.75, 3.05) is 26.3 Å². The van der Waals surface area contributed by atoms with Gasteiger partial charge in [0.1, 0.15) is 0 Å².